The van der Waals surface area contributed by atoms with Crippen LogP contribution >= 0.6 is 0 Å². The number of hydrogen-bond acceptors (Lipinski definition) is 6. The van der Waals surface area contributed by atoms with E-state index in [-0.39, 0.29) is 17.6 Å². The van der Waals surface area contributed by atoms with Crippen molar-refractivity contribution >= 4 is 21.7 Å². The maximum absolute atomic E-state index is 12.8. The second-order valence-corrected chi connectivity index (χ2v) is 9.56. The molecule has 0 heterocycles. The van der Waals surface area contributed by atoms with Crippen LogP contribution in [0, 0.1) is 5.92 Å². The minimum atomic E-state index is -3.40. The summed E-state index contributed by atoms with van der Waals surface area (Å²) in [6, 6.07) is 3.47. The molecule has 0 bridgehead atoms. The molecular weight excluding hydrogens is 396 g/mol. The zero-order valence-electron chi connectivity index (χ0n) is 17.9. The number of methoxy groups -OCH3 is 1. The fourth-order valence-corrected chi connectivity index (χ4v) is 3.80. The highest BCUT2D eigenvalue weighted by atomic mass is 32.2. The van der Waals surface area contributed by atoms with Crippen molar-refractivity contribution in [2.75, 3.05) is 25.7 Å². The monoisotopic (exact) mass is 428 g/mol. The molecule has 9 heteroatoms. The zero-order valence-corrected chi connectivity index (χ0v) is 18.8. The standard InChI is InChI=1S/C20H32N2O6S/c1-7-28-19-11-15(8-9-18(19)27-5)17(12-29(6,25)26)22-20(24)16(10-13(2)3)21-14(4)23/h8-9,11,13,16-17H,7,10,12H2,1-6H3,(H,21,23)(H,22,24). The molecule has 1 rings (SSSR count). The van der Waals surface area contributed by atoms with Crippen LogP contribution in [0.4, 0.5) is 0 Å². The summed E-state index contributed by atoms with van der Waals surface area (Å²) in [4.78, 5) is 24.3. The predicted molar refractivity (Wildman–Crippen MR) is 112 cm³/mol. The molecule has 0 saturated heterocycles. The molecule has 2 atom stereocenters. The summed E-state index contributed by atoms with van der Waals surface area (Å²) >= 11 is 0. The third-order valence-corrected chi connectivity index (χ3v) is 5.02. The lowest BCUT2D eigenvalue weighted by Gasteiger charge is -2.24. The fraction of sp³-hybridized carbons (Fsp3) is 0.600. The Morgan fingerprint density at radius 1 is 1.14 bits per heavy atom. The molecule has 2 N–H and O–H groups in total. The summed E-state index contributed by atoms with van der Waals surface area (Å²) in [6.45, 7) is 7.45. The first kappa shape index (κ1) is 24.7. The van der Waals surface area contributed by atoms with E-state index in [4.69, 9.17) is 9.47 Å². The quantitative estimate of drug-likeness (QED) is 0.556. The van der Waals surface area contributed by atoms with Crippen LogP contribution in [0.2, 0.25) is 0 Å². The Balaban J connectivity index is 3.23. The van der Waals surface area contributed by atoms with Gasteiger partial charge < -0.3 is 20.1 Å². The van der Waals surface area contributed by atoms with Gasteiger partial charge in [0.2, 0.25) is 11.8 Å². The van der Waals surface area contributed by atoms with Crippen LogP contribution in [0.3, 0.4) is 0 Å². The second-order valence-electron chi connectivity index (χ2n) is 7.38. The zero-order chi connectivity index (χ0) is 22.2. The van der Waals surface area contributed by atoms with Gasteiger partial charge in [0.1, 0.15) is 15.9 Å². The Bertz CT molecular complexity index is 807. The van der Waals surface area contributed by atoms with E-state index in [0.717, 1.165) is 6.26 Å². The summed E-state index contributed by atoms with van der Waals surface area (Å²) in [6.07, 6.45) is 1.54. The van der Waals surface area contributed by atoms with Crippen LogP contribution in [-0.2, 0) is 19.4 Å². The number of amides is 2. The Kier molecular flexibility index (Phi) is 9.42. The van der Waals surface area contributed by atoms with E-state index in [1.54, 1.807) is 18.2 Å². The molecule has 0 aliphatic heterocycles. The highest BCUT2D eigenvalue weighted by molar-refractivity contribution is 7.90. The summed E-state index contributed by atoms with van der Waals surface area (Å²) in [5, 5.41) is 5.41. The number of benzene rings is 1. The fourth-order valence-electron chi connectivity index (χ4n) is 2.92. The first-order chi connectivity index (χ1) is 13.5. The van der Waals surface area contributed by atoms with Crippen molar-refractivity contribution in [1.82, 2.24) is 10.6 Å². The number of rotatable bonds is 11. The van der Waals surface area contributed by atoms with Crippen LogP contribution < -0.4 is 20.1 Å². The Hall–Kier alpha value is -2.29. The largest absolute Gasteiger partial charge is 0.493 e. The Morgan fingerprint density at radius 2 is 1.79 bits per heavy atom. The average Bonchev–Trinajstić information content (AvgIpc) is 2.58. The van der Waals surface area contributed by atoms with Gasteiger partial charge in [0.25, 0.3) is 0 Å². The number of hydrogen-bond donors (Lipinski definition) is 2. The van der Waals surface area contributed by atoms with Gasteiger partial charge in [-0.1, -0.05) is 19.9 Å². The maximum Gasteiger partial charge on any atom is 0.243 e. The molecule has 29 heavy (non-hydrogen) atoms. The first-order valence-electron chi connectivity index (χ1n) is 9.52. The normalized spacial score (nSPS) is 13.5. The SMILES string of the molecule is CCOc1cc(C(CS(C)(=O)=O)NC(=O)C(CC(C)C)NC(C)=O)ccc1OC. The van der Waals surface area contributed by atoms with E-state index in [1.807, 2.05) is 20.8 Å². The lowest BCUT2D eigenvalue weighted by Crippen LogP contribution is -2.48. The molecule has 0 spiro atoms. The molecule has 0 aliphatic carbocycles. The van der Waals surface area contributed by atoms with Gasteiger partial charge >= 0.3 is 0 Å². The van der Waals surface area contributed by atoms with Gasteiger partial charge in [-0.3, -0.25) is 9.59 Å². The van der Waals surface area contributed by atoms with Crippen molar-refractivity contribution in [3.8, 4) is 11.5 Å². The summed E-state index contributed by atoms with van der Waals surface area (Å²) in [7, 11) is -1.89. The number of sulfone groups is 1. The molecule has 0 aliphatic rings. The summed E-state index contributed by atoms with van der Waals surface area (Å²) in [5.41, 5.74) is 0.569. The topological polar surface area (TPSA) is 111 Å². The van der Waals surface area contributed by atoms with E-state index in [0.29, 0.717) is 30.1 Å². The van der Waals surface area contributed by atoms with E-state index in [9.17, 15) is 18.0 Å². The van der Waals surface area contributed by atoms with Crippen molar-refractivity contribution in [1.29, 1.82) is 0 Å². The molecule has 0 saturated carbocycles. The number of carbonyl (C=O) groups excluding carboxylic acids is 2. The molecule has 0 radical (unpaired) electrons. The van der Waals surface area contributed by atoms with E-state index in [1.165, 1.54) is 14.0 Å². The van der Waals surface area contributed by atoms with E-state index >= 15 is 0 Å². The van der Waals surface area contributed by atoms with Crippen molar-refractivity contribution < 1.29 is 27.5 Å². The number of carbonyl (C=O) groups is 2. The van der Waals surface area contributed by atoms with Crippen LogP contribution in [0.5, 0.6) is 11.5 Å². The number of nitrogens with one attached hydrogen (secondary N) is 2. The average molecular weight is 429 g/mol. The lowest BCUT2D eigenvalue weighted by atomic mass is 10.0. The molecule has 8 nitrogen and oxygen atoms in total. The van der Waals surface area contributed by atoms with Gasteiger partial charge in [-0.15, -0.1) is 0 Å². The molecule has 2 amide bonds. The Morgan fingerprint density at radius 3 is 2.28 bits per heavy atom. The first-order valence-corrected chi connectivity index (χ1v) is 11.6. The Labute approximate surface area is 173 Å². The lowest BCUT2D eigenvalue weighted by molar-refractivity contribution is -0.128. The van der Waals surface area contributed by atoms with Crippen molar-refractivity contribution in [2.45, 2.75) is 46.2 Å². The van der Waals surface area contributed by atoms with Gasteiger partial charge in [0.15, 0.2) is 11.5 Å². The van der Waals surface area contributed by atoms with Crippen LogP contribution in [0.25, 0.3) is 0 Å². The van der Waals surface area contributed by atoms with Gasteiger partial charge in [-0.25, -0.2) is 8.42 Å². The van der Waals surface area contributed by atoms with Gasteiger partial charge in [0, 0.05) is 13.2 Å². The molecule has 1 aromatic carbocycles. The van der Waals surface area contributed by atoms with Gasteiger partial charge in [0.05, 0.1) is 25.5 Å². The molecule has 0 aromatic heterocycles. The number of ether oxygens (including phenoxy) is 2. The van der Waals surface area contributed by atoms with Crippen LogP contribution in [0.1, 0.15) is 45.7 Å². The van der Waals surface area contributed by atoms with Crippen molar-refractivity contribution in [3.05, 3.63) is 23.8 Å². The second kappa shape index (κ2) is 11.0. The smallest absolute Gasteiger partial charge is 0.243 e. The minimum absolute atomic E-state index is 0.163. The van der Waals surface area contributed by atoms with Crippen molar-refractivity contribution in [2.24, 2.45) is 5.92 Å². The molecular formula is C20H32N2O6S. The van der Waals surface area contributed by atoms with Crippen LogP contribution in [0.15, 0.2) is 18.2 Å². The molecule has 1 aromatic rings. The maximum atomic E-state index is 12.8. The van der Waals surface area contributed by atoms with E-state index < -0.39 is 27.8 Å². The van der Waals surface area contributed by atoms with Gasteiger partial charge in [-0.05, 0) is 37.0 Å². The summed E-state index contributed by atoms with van der Waals surface area (Å²) in [5.74, 6) is 0.0867. The molecule has 0 fully saturated rings. The third kappa shape index (κ3) is 8.72. The summed E-state index contributed by atoms with van der Waals surface area (Å²) < 4.78 is 34.8. The van der Waals surface area contributed by atoms with Crippen molar-refractivity contribution in [3.63, 3.8) is 0 Å². The highest BCUT2D eigenvalue weighted by Crippen LogP contribution is 2.31. The van der Waals surface area contributed by atoms with Crippen LogP contribution in [-0.4, -0.2) is 52.0 Å². The molecule has 2 unspecified atom stereocenters. The predicted octanol–water partition coefficient (Wildman–Crippen LogP) is 1.85. The molecule has 164 valence electrons. The van der Waals surface area contributed by atoms with E-state index in [2.05, 4.69) is 10.6 Å². The minimum Gasteiger partial charge on any atom is -0.493 e. The van der Waals surface area contributed by atoms with Gasteiger partial charge in [-0.2, -0.15) is 0 Å². The highest BCUT2D eigenvalue weighted by Gasteiger charge is 2.26. The third-order valence-electron chi connectivity index (χ3n) is 4.08.